The SMILES string of the molecule is FC(F)(F)c1cc2cc[nH]c2cc1Cl. The molecule has 5 heteroatoms. The molecule has 0 unspecified atom stereocenters. The van der Waals surface area contributed by atoms with Crippen LogP contribution in [0, 0.1) is 0 Å². The van der Waals surface area contributed by atoms with Crippen LogP contribution in [0.15, 0.2) is 24.4 Å². The van der Waals surface area contributed by atoms with E-state index in [-0.39, 0.29) is 5.02 Å². The van der Waals surface area contributed by atoms with Crippen molar-refractivity contribution in [2.24, 2.45) is 0 Å². The molecule has 1 aromatic carbocycles. The van der Waals surface area contributed by atoms with E-state index in [0.29, 0.717) is 10.9 Å². The van der Waals surface area contributed by atoms with Crippen LogP contribution in [0.3, 0.4) is 0 Å². The van der Waals surface area contributed by atoms with Crippen LogP contribution in [0.2, 0.25) is 5.02 Å². The van der Waals surface area contributed by atoms with Gasteiger partial charge in [0.2, 0.25) is 0 Å². The van der Waals surface area contributed by atoms with Gasteiger partial charge in [-0.25, -0.2) is 0 Å². The first-order chi connectivity index (χ1) is 6.48. The Morgan fingerprint density at radius 3 is 2.57 bits per heavy atom. The van der Waals surface area contributed by atoms with Crippen molar-refractivity contribution >= 4 is 22.5 Å². The van der Waals surface area contributed by atoms with Gasteiger partial charge in [0.15, 0.2) is 0 Å². The number of halogens is 4. The van der Waals surface area contributed by atoms with E-state index >= 15 is 0 Å². The van der Waals surface area contributed by atoms with Crippen molar-refractivity contribution in [3.8, 4) is 0 Å². The molecule has 14 heavy (non-hydrogen) atoms. The van der Waals surface area contributed by atoms with Crippen molar-refractivity contribution in [1.29, 1.82) is 0 Å². The Hall–Kier alpha value is -1.16. The summed E-state index contributed by atoms with van der Waals surface area (Å²) in [6, 6.07) is 3.88. The first kappa shape index (κ1) is 9.40. The van der Waals surface area contributed by atoms with Gasteiger partial charge in [0.1, 0.15) is 0 Å². The lowest BCUT2D eigenvalue weighted by Crippen LogP contribution is -2.05. The van der Waals surface area contributed by atoms with E-state index in [1.54, 1.807) is 12.3 Å². The maximum atomic E-state index is 12.4. The summed E-state index contributed by atoms with van der Waals surface area (Å²) < 4.78 is 37.2. The summed E-state index contributed by atoms with van der Waals surface area (Å²) >= 11 is 5.50. The van der Waals surface area contributed by atoms with Crippen LogP contribution >= 0.6 is 11.6 Å². The normalized spacial score (nSPS) is 12.3. The van der Waals surface area contributed by atoms with E-state index in [4.69, 9.17) is 11.6 Å². The summed E-state index contributed by atoms with van der Waals surface area (Å²) in [4.78, 5) is 2.79. The Labute approximate surface area is 82.5 Å². The second-order valence-electron chi connectivity index (χ2n) is 2.89. The fourth-order valence-corrected chi connectivity index (χ4v) is 1.56. The number of benzene rings is 1. The smallest absolute Gasteiger partial charge is 0.361 e. The molecule has 0 aliphatic rings. The van der Waals surface area contributed by atoms with E-state index < -0.39 is 11.7 Å². The lowest BCUT2D eigenvalue weighted by molar-refractivity contribution is -0.137. The van der Waals surface area contributed by atoms with Gasteiger partial charge < -0.3 is 4.98 Å². The van der Waals surface area contributed by atoms with Crippen LogP contribution in [0.1, 0.15) is 5.56 Å². The Bertz CT molecular complexity index is 472. The highest BCUT2D eigenvalue weighted by atomic mass is 35.5. The Kier molecular flexibility index (Phi) is 1.96. The van der Waals surface area contributed by atoms with Crippen LogP contribution in [0.4, 0.5) is 13.2 Å². The molecule has 2 aromatic rings. The second kappa shape index (κ2) is 2.92. The molecule has 0 aliphatic carbocycles. The van der Waals surface area contributed by atoms with Crippen molar-refractivity contribution in [1.82, 2.24) is 4.98 Å². The molecule has 0 bridgehead atoms. The number of nitrogens with one attached hydrogen (secondary N) is 1. The lowest BCUT2D eigenvalue weighted by atomic mass is 10.1. The van der Waals surface area contributed by atoms with Crippen molar-refractivity contribution in [2.75, 3.05) is 0 Å². The fourth-order valence-electron chi connectivity index (χ4n) is 1.29. The third kappa shape index (κ3) is 1.46. The molecule has 0 aliphatic heterocycles. The maximum absolute atomic E-state index is 12.4. The molecule has 1 aromatic heterocycles. The summed E-state index contributed by atoms with van der Waals surface area (Å²) in [5, 5.41) is 0.217. The topological polar surface area (TPSA) is 15.8 Å². The quantitative estimate of drug-likeness (QED) is 0.693. The first-order valence-electron chi connectivity index (χ1n) is 3.82. The zero-order valence-electron chi connectivity index (χ0n) is 6.82. The Balaban J connectivity index is 2.71. The van der Waals surface area contributed by atoms with Gasteiger partial charge in [0.05, 0.1) is 10.6 Å². The number of aromatic amines is 1. The molecule has 74 valence electrons. The van der Waals surface area contributed by atoms with E-state index in [1.807, 2.05) is 0 Å². The van der Waals surface area contributed by atoms with Crippen LogP contribution in [-0.4, -0.2) is 4.98 Å². The fraction of sp³-hybridized carbons (Fsp3) is 0.111. The van der Waals surface area contributed by atoms with Crippen molar-refractivity contribution in [3.05, 3.63) is 35.0 Å². The number of rotatable bonds is 0. The summed E-state index contributed by atoms with van der Waals surface area (Å²) in [7, 11) is 0. The Morgan fingerprint density at radius 2 is 1.93 bits per heavy atom. The lowest BCUT2D eigenvalue weighted by Gasteiger charge is -2.08. The molecule has 0 atom stereocenters. The van der Waals surface area contributed by atoms with Gasteiger partial charge in [-0.2, -0.15) is 13.2 Å². The number of aromatic nitrogens is 1. The number of fused-ring (bicyclic) bond motifs is 1. The van der Waals surface area contributed by atoms with Gasteiger partial charge in [-0.05, 0) is 18.2 Å². The average Bonchev–Trinajstić information content (AvgIpc) is 2.47. The monoisotopic (exact) mass is 219 g/mol. The molecule has 0 fully saturated rings. The van der Waals surface area contributed by atoms with Gasteiger partial charge in [-0.3, -0.25) is 0 Å². The van der Waals surface area contributed by atoms with Crippen molar-refractivity contribution in [2.45, 2.75) is 6.18 Å². The number of H-pyrrole nitrogens is 1. The first-order valence-corrected chi connectivity index (χ1v) is 4.20. The minimum atomic E-state index is -4.40. The van der Waals surface area contributed by atoms with Gasteiger partial charge in [0.25, 0.3) is 0 Å². The van der Waals surface area contributed by atoms with E-state index in [2.05, 4.69) is 4.98 Å². The molecular weight excluding hydrogens is 215 g/mol. The molecule has 0 spiro atoms. The molecular formula is C9H5ClF3N. The molecule has 0 amide bonds. The molecule has 0 saturated heterocycles. The minimum Gasteiger partial charge on any atom is -0.361 e. The highest BCUT2D eigenvalue weighted by Crippen LogP contribution is 2.36. The van der Waals surface area contributed by atoms with Crippen molar-refractivity contribution in [3.63, 3.8) is 0 Å². The largest absolute Gasteiger partial charge is 0.417 e. The summed E-state index contributed by atoms with van der Waals surface area (Å²) in [5.41, 5.74) is -0.200. The van der Waals surface area contributed by atoms with Gasteiger partial charge in [-0.15, -0.1) is 0 Å². The molecule has 1 nitrogen and oxygen atoms in total. The van der Waals surface area contributed by atoms with Crippen molar-refractivity contribution < 1.29 is 13.2 Å². The van der Waals surface area contributed by atoms with E-state index in [0.717, 1.165) is 6.07 Å². The van der Waals surface area contributed by atoms with Crippen LogP contribution in [0.5, 0.6) is 0 Å². The summed E-state index contributed by atoms with van der Waals surface area (Å²) in [6.07, 6.45) is -2.83. The highest BCUT2D eigenvalue weighted by Gasteiger charge is 2.33. The van der Waals surface area contributed by atoms with E-state index in [1.165, 1.54) is 6.07 Å². The van der Waals surface area contributed by atoms with E-state index in [9.17, 15) is 13.2 Å². The summed E-state index contributed by atoms with van der Waals surface area (Å²) in [5.74, 6) is 0. The average molecular weight is 220 g/mol. The zero-order chi connectivity index (χ0) is 10.3. The Morgan fingerprint density at radius 1 is 1.21 bits per heavy atom. The number of alkyl halides is 3. The van der Waals surface area contributed by atoms with Gasteiger partial charge >= 0.3 is 6.18 Å². The third-order valence-corrected chi connectivity index (χ3v) is 2.26. The molecule has 0 saturated carbocycles. The van der Waals surface area contributed by atoms with Crippen LogP contribution < -0.4 is 0 Å². The predicted molar refractivity (Wildman–Crippen MR) is 48.3 cm³/mol. The van der Waals surface area contributed by atoms with Gasteiger partial charge in [0, 0.05) is 17.1 Å². The molecule has 1 N–H and O–H groups in total. The minimum absolute atomic E-state index is 0.285. The van der Waals surface area contributed by atoms with Crippen LogP contribution in [-0.2, 0) is 6.18 Å². The molecule has 2 rings (SSSR count). The predicted octanol–water partition coefficient (Wildman–Crippen LogP) is 3.84. The standard InChI is InChI=1S/C9H5ClF3N/c10-7-4-8-5(1-2-14-8)3-6(7)9(11,12)13/h1-4,14H. The summed E-state index contributed by atoms with van der Waals surface area (Å²) in [6.45, 7) is 0. The number of hydrogen-bond donors (Lipinski definition) is 1. The van der Waals surface area contributed by atoms with Crippen LogP contribution in [0.25, 0.3) is 10.9 Å². The highest BCUT2D eigenvalue weighted by molar-refractivity contribution is 6.32. The molecule has 1 heterocycles. The third-order valence-electron chi connectivity index (χ3n) is 1.95. The van der Waals surface area contributed by atoms with Gasteiger partial charge in [-0.1, -0.05) is 11.6 Å². The maximum Gasteiger partial charge on any atom is 0.417 e. The zero-order valence-corrected chi connectivity index (χ0v) is 7.58. The second-order valence-corrected chi connectivity index (χ2v) is 3.30. The number of hydrogen-bond acceptors (Lipinski definition) is 0. The molecule has 0 radical (unpaired) electrons.